The molecule has 1 heterocycles. The topological polar surface area (TPSA) is 61.4 Å². The van der Waals surface area contributed by atoms with Gasteiger partial charge >= 0.3 is 0 Å². The molecule has 0 spiro atoms. The van der Waals surface area contributed by atoms with Crippen molar-refractivity contribution >= 4 is 10.2 Å². The van der Waals surface area contributed by atoms with E-state index in [1.54, 1.807) is 4.31 Å². The molecule has 0 aromatic rings. The Hall–Kier alpha value is -0.170. The zero-order valence-electron chi connectivity index (χ0n) is 11.8. The van der Waals surface area contributed by atoms with Crippen LogP contribution in [0.3, 0.4) is 0 Å². The third kappa shape index (κ3) is 5.22. The van der Waals surface area contributed by atoms with E-state index in [0.29, 0.717) is 31.5 Å². The summed E-state index contributed by atoms with van der Waals surface area (Å²) in [5.74, 6) is 0.768. The third-order valence-corrected chi connectivity index (χ3v) is 4.85. The molecule has 0 saturated carbocycles. The van der Waals surface area contributed by atoms with Gasteiger partial charge in [0.2, 0.25) is 0 Å². The van der Waals surface area contributed by atoms with Crippen LogP contribution in [0.25, 0.3) is 0 Å². The third-order valence-electron chi connectivity index (χ3n) is 3.23. The van der Waals surface area contributed by atoms with E-state index in [9.17, 15) is 8.42 Å². The molecule has 0 amide bonds. The summed E-state index contributed by atoms with van der Waals surface area (Å²) >= 11 is 0. The maximum Gasteiger partial charge on any atom is 0.279 e. The van der Waals surface area contributed by atoms with Gasteiger partial charge in [0, 0.05) is 19.6 Å². The van der Waals surface area contributed by atoms with Crippen LogP contribution in [-0.2, 0) is 10.2 Å². The van der Waals surface area contributed by atoms with Crippen LogP contribution in [0.5, 0.6) is 0 Å². The molecule has 2 N–H and O–H groups in total. The molecular weight excluding hydrogens is 250 g/mol. The summed E-state index contributed by atoms with van der Waals surface area (Å²) < 4.78 is 28.5. The normalized spacial score (nSPS) is 21.7. The molecule has 18 heavy (non-hydrogen) atoms. The molecule has 0 radical (unpaired) electrons. The largest absolute Gasteiger partial charge is 0.316 e. The molecule has 1 fully saturated rings. The maximum absolute atomic E-state index is 12.1. The monoisotopic (exact) mass is 277 g/mol. The Bertz CT molecular complexity index is 324. The molecule has 108 valence electrons. The maximum atomic E-state index is 12.1. The second-order valence-electron chi connectivity index (χ2n) is 5.41. The lowest BCUT2D eigenvalue weighted by atomic mass is 10.00. The molecule has 6 heteroatoms. The van der Waals surface area contributed by atoms with Crippen LogP contribution in [0.15, 0.2) is 0 Å². The van der Waals surface area contributed by atoms with Gasteiger partial charge in [0.25, 0.3) is 10.2 Å². The first-order chi connectivity index (χ1) is 8.45. The van der Waals surface area contributed by atoms with Gasteiger partial charge in [-0.3, -0.25) is 0 Å². The SMILES string of the molecule is CCN(CC1CCCNC1)S(=O)(=O)NCC(C)C. The predicted octanol–water partition coefficient (Wildman–Crippen LogP) is 0.798. The van der Waals surface area contributed by atoms with Crippen LogP contribution in [-0.4, -0.2) is 45.4 Å². The average Bonchev–Trinajstić information content (AvgIpc) is 2.34. The lowest BCUT2D eigenvalue weighted by Gasteiger charge is -2.29. The summed E-state index contributed by atoms with van der Waals surface area (Å²) in [7, 11) is -3.31. The molecule has 1 atom stereocenters. The van der Waals surface area contributed by atoms with E-state index in [1.807, 2.05) is 20.8 Å². The molecule has 0 aliphatic carbocycles. The fourth-order valence-corrected chi connectivity index (χ4v) is 3.60. The van der Waals surface area contributed by atoms with Crippen molar-refractivity contribution in [3.8, 4) is 0 Å². The second kappa shape index (κ2) is 7.43. The van der Waals surface area contributed by atoms with Crippen molar-refractivity contribution in [2.45, 2.75) is 33.6 Å². The molecule has 0 aromatic heterocycles. The second-order valence-corrected chi connectivity index (χ2v) is 7.17. The Morgan fingerprint density at radius 1 is 1.44 bits per heavy atom. The Morgan fingerprint density at radius 3 is 2.67 bits per heavy atom. The van der Waals surface area contributed by atoms with Crippen molar-refractivity contribution in [1.29, 1.82) is 0 Å². The van der Waals surface area contributed by atoms with Crippen molar-refractivity contribution < 1.29 is 8.42 Å². The van der Waals surface area contributed by atoms with E-state index in [2.05, 4.69) is 10.0 Å². The van der Waals surface area contributed by atoms with Crippen LogP contribution in [0.1, 0.15) is 33.6 Å². The molecule has 1 rings (SSSR count). The molecule has 0 aromatic carbocycles. The minimum Gasteiger partial charge on any atom is -0.316 e. The van der Waals surface area contributed by atoms with E-state index >= 15 is 0 Å². The van der Waals surface area contributed by atoms with E-state index in [4.69, 9.17) is 0 Å². The summed E-state index contributed by atoms with van der Waals surface area (Å²) in [5.41, 5.74) is 0. The summed E-state index contributed by atoms with van der Waals surface area (Å²) in [6.45, 7) is 9.54. The highest BCUT2D eigenvalue weighted by Gasteiger charge is 2.24. The molecule has 1 aliphatic heterocycles. The highest BCUT2D eigenvalue weighted by molar-refractivity contribution is 7.87. The van der Waals surface area contributed by atoms with Crippen molar-refractivity contribution in [3.63, 3.8) is 0 Å². The first-order valence-corrected chi connectivity index (χ1v) is 8.35. The van der Waals surface area contributed by atoms with Crippen molar-refractivity contribution in [2.24, 2.45) is 11.8 Å². The van der Waals surface area contributed by atoms with Gasteiger partial charge in [-0.1, -0.05) is 20.8 Å². The van der Waals surface area contributed by atoms with Gasteiger partial charge in [-0.2, -0.15) is 12.7 Å². The van der Waals surface area contributed by atoms with Crippen LogP contribution < -0.4 is 10.0 Å². The van der Waals surface area contributed by atoms with Crippen LogP contribution in [0, 0.1) is 11.8 Å². The van der Waals surface area contributed by atoms with Gasteiger partial charge in [0.05, 0.1) is 0 Å². The fourth-order valence-electron chi connectivity index (χ4n) is 2.13. The highest BCUT2D eigenvalue weighted by Crippen LogP contribution is 2.13. The van der Waals surface area contributed by atoms with Gasteiger partial charge in [0.1, 0.15) is 0 Å². The van der Waals surface area contributed by atoms with Crippen LogP contribution in [0.2, 0.25) is 0 Å². The zero-order valence-corrected chi connectivity index (χ0v) is 12.6. The van der Waals surface area contributed by atoms with E-state index in [0.717, 1.165) is 25.9 Å². The van der Waals surface area contributed by atoms with Gasteiger partial charge in [0.15, 0.2) is 0 Å². The summed E-state index contributed by atoms with van der Waals surface area (Å²) in [4.78, 5) is 0. The van der Waals surface area contributed by atoms with Gasteiger partial charge in [-0.15, -0.1) is 0 Å². The molecular formula is C12H27N3O2S. The number of hydrogen-bond donors (Lipinski definition) is 2. The molecule has 0 bridgehead atoms. The summed E-state index contributed by atoms with van der Waals surface area (Å²) in [5, 5.41) is 3.32. The highest BCUT2D eigenvalue weighted by atomic mass is 32.2. The van der Waals surface area contributed by atoms with E-state index in [1.165, 1.54) is 0 Å². The number of rotatable bonds is 7. The minimum atomic E-state index is -3.31. The number of hydrogen-bond acceptors (Lipinski definition) is 3. The first kappa shape index (κ1) is 15.9. The predicted molar refractivity (Wildman–Crippen MR) is 74.6 cm³/mol. The fraction of sp³-hybridized carbons (Fsp3) is 1.00. The smallest absolute Gasteiger partial charge is 0.279 e. The Balaban J connectivity index is 2.52. The van der Waals surface area contributed by atoms with Gasteiger partial charge in [-0.05, 0) is 37.8 Å². The van der Waals surface area contributed by atoms with Gasteiger partial charge < -0.3 is 5.32 Å². The lowest BCUT2D eigenvalue weighted by molar-refractivity contribution is 0.295. The van der Waals surface area contributed by atoms with E-state index in [-0.39, 0.29) is 0 Å². The van der Waals surface area contributed by atoms with Crippen molar-refractivity contribution in [1.82, 2.24) is 14.3 Å². The summed E-state index contributed by atoms with van der Waals surface area (Å²) in [6.07, 6.45) is 2.25. The van der Waals surface area contributed by atoms with Crippen LogP contribution >= 0.6 is 0 Å². The summed E-state index contributed by atoms with van der Waals surface area (Å²) in [6, 6.07) is 0. The average molecular weight is 277 g/mol. The number of nitrogens with zero attached hydrogens (tertiary/aromatic N) is 1. The van der Waals surface area contributed by atoms with E-state index < -0.39 is 10.2 Å². The quantitative estimate of drug-likeness (QED) is 0.723. The van der Waals surface area contributed by atoms with Crippen molar-refractivity contribution in [3.05, 3.63) is 0 Å². The van der Waals surface area contributed by atoms with Gasteiger partial charge in [-0.25, -0.2) is 4.72 Å². The zero-order chi connectivity index (χ0) is 13.6. The molecule has 1 saturated heterocycles. The Morgan fingerprint density at radius 2 is 2.17 bits per heavy atom. The standard InChI is InChI=1S/C12H27N3O2S/c1-4-15(10-12-6-5-7-13-9-12)18(16,17)14-8-11(2)3/h11-14H,4-10H2,1-3H3. The molecule has 1 unspecified atom stereocenters. The number of piperidine rings is 1. The lowest BCUT2D eigenvalue weighted by Crippen LogP contribution is -2.46. The van der Waals surface area contributed by atoms with Crippen LogP contribution in [0.4, 0.5) is 0 Å². The Labute approximate surface area is 112 Å². The Kier molecular flexibility index (Phi) is 6.55. The first-order valence-electron chi connectivity index (χ1n) is 6.91. The number of nitrogens with one attached hydrogen (secondary N) is 2. The molecule has 1 aliphatic rings. The molecule has 5 nitrogen and oxygen atoms in total. The minimum absolute atomic E-state index is 0.329. The van der Waals surface area contributed by atoms with Crippen molar-refractivity contribution in [2.75, 3.05) is 32.7 Å².